The van der Waals surface area contributed by atoms with Gasteiger partial charge in [-0.15, -0.1) is 0 Å². The van der Waals surface area contributed by atoms with E-state index in [1.807, 2.05) is 52.0 Å². The first-order chi connectivity index (χ1) is 20.9. The smallest absolute Gasteiger partial charge is 0.378 e. The molecule has 0 aliphatic heterocycles. The lowest BCUT2D eigenvalue weighted by Gasteiger charge is -2.23. The number of phenols is 2. The number of methoxy groups -OCH3 is 1. The largest absolute Gasteiger partial charge is 0.867 e. The summed E-state index contributed by atoms with van der Waals surface area (Å²) in [5, 5.41) is 42.8. The second-order valence-corrected chi connectivity index (χ2v) is 12.3. The van der Waals surface area contributed by atoms with Crippen molar-refractivity contribution in [2.24, 2.45) is 0 Å². The first kappa shape index (κ1) is 30.2. The molecule has 5 aromatic rings. The Morgan fingerprint density at radius 1 is 0.750 bits per heavy atom. The molecule has 0 atom stereocenters. The lowest BCUT2D eigenvalue weighted by Crippen LogP contribution is -2.12. The Labute approximate surface area is 255 Å². The van der Waals surface area contributed by atoms with Crippen LogP contribution in [0.1, 0.15) is 44.9 Å². The maximum absolute atomic E-state index is 13.5. The summed E-state index contributed by atoms with van der Waals surface area (Å²) in [5.74, 6) is -0.484. The number of benzene rings is 5. The third-order valence-corrected chi connectivity index (χ3v) is 9.04. The molecule has 0 bridgehead atoms. The fourth-order valence-electron chi connectivity index (χ4n) is 5.57. The van der Waals surface area contributed by atoms with E-state index >= 15 is 0 Å². The van der Waals surface area contributed by atoms with Gasteiger partial charge >= 0.3 is 15.8 Å². The second kappa shape index (κ2) is 11.4. The summed E-state index contributed by atoms with van der Waals surface area (Å²) in [5.41, 5.74) is 5.10. The van der Waals surface area contributed by atoms with Crippen molar-refractivity contribution < 1.29 is 32.7 Å². The van der Waals surface area contributed by atoms with E-state index in [-0.39, 0.29) is 50.3 Å². The summed E-state index contributed by atoms with van der Waals surface area (Å²) < 4.78 is 38.2. The highest BCUT2D eigenvalue weighted by atomic mass is 32.2. The molecule has 0 unspecified atom stereocenters. The third-order valence-electron chi connectivity index (χ3n) is 7.74. The number of nitrogens with zero attached hydrogens (tertiary/aromatic N) is 2. The van der Waals surface area contributed by atoms with Crippen LogP contribution in [0.4, 0.5) is 5.69 Å². The van der Waals surface area contributed by atoms with Crippen LogP contribution < -0.4 is 14.0 Å². The first-order valence-corrected chi connectivity index (χ1v) is 15.1. The van der Waals surface area contributed by atoms with Crippen LogP contribution in [0, 0.1) is 33.1 Å². The van der Waals surface area contributed by atoms with Crippen LogP contribution in [-0.2, 0) is 10.1 Å². The summed E-state index contributed by atoms with van der Waals surface area (Å²) in [6.07, 6.45) is 0. The molecule has 0 heterocycles. The summed E-state index contributed by atoms with van der Waals surface area (Å²) in [7, 11) is -3.04. The highest BCUT2D eigenvalue weighted by molar-refractivity contribution is 7.87. The minimum atomic E-state index is -4.45. The Morgan fingerprint density at radius 3 is 1.84 bits per heavy atom. The van der Waals surface area contributed by atoms with Crippen LogP contribution in [0.5, 0.6) is 28.7 Å². The Morgan fingerprint density at radius 2 is 1.32 bits per heavy atom. The Bertz CT molecular complexity index is 2000. The van der Waals surface area contributed by atoms with Crippen LogP contribution in [-0.4, -0.2) is 25.7 Å². The summed E-state index contributed by atoms with van der Waals surface area (Å²) in [4.78, 5) is 2.73. The maximum Gasteiger partial charge on any atom is 0.378 e. The zero-order chi connectivity index (χ0) is 31.9. The topological polar surface area (TPSA) is 144 Å². The predicted molar refractivity (Wildman–Crippen MR) is 165 cm³/mol. The maximum atomic E-state index is 13.5. The van der Waals surface area contributed by atoms with Crippen LogP contribution in [0.15, 0.2) is 77.7 Å². The van der Waals surface area contributed by atoms with Crippen molar-refractivity contribution in [3.05, 3.63) is 117 Å². The monoisotopic (exact) mass is 610 g/mol. The minimum absolute atomic E-state index is 0.0625. The molecular formula is C34H30N2O7S. The number of phenolic OH excluding ortho intramolecular Hbond substituents is 2. The Kier molecular flexibility index (Phi) is 7.84. The summed E-state index contributed by atoms with van der Waals surface area (Å²) >= 11 is 0. The number of rotatable bonds is 7. The van der Waals surface area contributed by atoms with Crippen molar-refractivity contribution >= 4 is 26.6 Å². The van der Waals surface area contributed by atoms with Gasteiger partial charge in [0.05, 0.1) is 7.11 Å². The molecule has 44 heavy (non-hydrogen) atoms. The van der Waals surface area contributed by atoms with Gasteiger partial charge in [-0.05, 0) is 102 Å². The zero-order valence-corrected chi connectivity index (χ0v) is 25.6. The van der Waals surface area contributed by atoms with Crippen molar-refractivity contribution in [1.29, 1.82) is 5.39 Å². The van der Waals surface area contributed by atoms with E-state index in [4.69, 9.17) is 14.3 Å². The number of aromatic hydroxyl groups is 2. The highest BCUT2D eigenvalue weighted by Gasteiger charge is 2.26. The molecule has 5 aromatic carbocycles. The van der Waals surface area contributed by atoms with E-state index in [1.165, 1.54) is 43.5 Å². The minimum Gasteiger partial charge on any atom is -0.867 e. The molecule has 10 heteroatoms. The Balaban J connectivity index is 1.62. The summed E-state index contributed by atoms with van der Waals surface area (Å²) in [6, 6.07) is 19.3. The average Bonchev–Trinajstić information content (AvgIpc) is 2.99. The number of hydrogen-bond donors (Lipinski definition) is 2. The van der Waals surface area contributed by atoms with Gasteiger partial charge in [-0.3, -0.25) is 0 Å². The van der Waals surface area contributed by atoms with Crippen molar-refractivity contribution in [3.63, 3.8) is 0 Å². The number of hydrogen-bond acceptors (Lipinski definition) is 8. The van der Waals surface area contributed by atoms with Gasteiger partial charge in [0, 0.05) is 17.4 Å². The van der Waals surface area contributed by atoms with Gasteiger partial charge in [0.2, 0.25) is 5.39 Å². The van der Waals surface area contributed by atoms with E-state index in [9.17, 15) is 23.7 Å². The lowest BCUT2D eigenvalue weighted by molar-refractivity contribution is -0.264. The molecule has 224 valence electrons. The standard InChI is InChI=1S/C34H30N2O7S/c1-18-13-23(14-19(2)32(18)37)31(24-15-20(3)33(38)21(4)16-24)22-9-12-28(29(17-22)42-5)43-44(40,41)30-8-6-7-26-25(30)10-11-27(36-35)34(26)39/h6-17,31H,1-5H3,(H2-,37,38,39). The average molecular weight is 611 g/mol. The molecule has 0 radical (unpaired) electrons. The molecule has 0 aromatic heterocycles. The van der Waals surface area contributed by atoms with Gasteiger partial charge in [-0.1, -0.05) is 42.5 Å². The molecule has 0 fully saturated rings. The molecule has 0 saturated carbocycles. The van der Waals surface area contributed by atoms with Gasteiger partial charge in [0.25, 0.3) is 0 Å². The fraction of sp³-hybridized carbons (Fsp3) is 0.176. The molecule has 9 nitrogen and oxygen atoms in total. The van der Waals surface area contributed by atoms with E-state index in [1.54, 1.807) is 12.1 Å². The molecular weight excluding hydrogens is 580 g/mol. The van der Waals surface area contributed by atoms with E-state index in [0.29, 0.717) is 22.3 Å². The number of aryl methyl sites for hydroxylation is 4. The molecule has 2 N–H and O–H groups in total. The molecule has 0 aliphatic carbocycles. The van der Waals surface area contributed by atoms with Gasteiger partial charge < -0.3 is 24.2 Å². The molecule has 5 rings (SSSR count). The quantitative estimate of drug-likeness (QED) is 0.114. The van der Waals surface area contributed by atoms with Crippen LogP contribution >= 0.6 is 0 Å². The van der Waals surface area contributed by atoms with Gasteiger partial charge in [0.15, 0.2) is 16.5 Å². The third kappa shape index (κ3) is 5.34. The van der Waals surface area contributed by atoms with Gasteiger partial charge in [-0.25, -0.2) is 0 Å². The van der Waals surface area contributed by atoms with Crippen molar-refractivity contribution in [3.8, 4) is 28.7 Å². The second-order valence-electron chi connectivity index (χ2n) is 10.8. The lowest BCUT2D eigenvalue weighted by atomic mass is 9.82. The zero-order valence-electron chi connectivity index (χ0n) is 24.7. The Hall–Kier alpha value is -5.27. The first-order valence-electron chi connectivity index (χ1n) is 13.7. The van der Waals surface area contributed by atoms with E-state index < -0.39 is 15.9 Å². The van der Waals surface area contributed by atoms with Gasteiger partial charge in [0.1, 0.15) is 16.4 Å². The van der Waals surface area contributed by atoms with Crippen LogP contribution in [0.3, 0.4) is 0 Å². The van der Waals surface area contributed by atoms with E-state index in [0.717, 1.165) is 16.7 Å². The molecule has 0 saturated heterocycles. The molecule has 0 aliphatic rings. The molecule has 0 spiro atoms. The fourth-order valence-corrected chi connectivity index (χ4v) is 6.73. The predicted octanol–water partition coefficient (Wildman–Crippen LogP) is 7.00. The highest BCUT2D eigenvalue weighted by Crippen LogP contribution is 2.42. The number of diazo groups is 1. The van der Waals surface area contributed by atoms with Crippen molar-refractivity contribution in [2.75, 3.05) is 7.11 Å². The van der Waals surface area contributed by atoms with E-state index in [2.05, 4.69) is 4.98 Å². The van der Waals surface area contributed by atoms with Gasteiger partial charge in [-0.2, -0.15) is 8.42 Å². The van der Waals surface area contributed by atoms with Crippen LogP contribution in [0.25, 0.3) is 15.7 Å². The van der Waals surface area contributed by atoms with Crippen molar-refractivity contribution in [2.45, 2.75) is 38.5 Å². The number of ether oxygens (including phenoxy) is 1. The van der Waals surface area contributed by atoms with Crippen LogP contribution in [0.2, 0.25) is 0 Å². The molecule has 0 amide bonds. The summed E-state index contributed by atoms with van der Waals surface area (Å²) in [6.45, 7) is 7.28. The number of fused-ring (bicyclic) bond motifs is 1. The SMILES string of the molecule is COc1cc(C(c2cc(C)c(O)c(C)c2)c2cc(C)c(O)c(C)c2)ccc1OS(=O)(=O)c1cccc2c([O-])c([N+]#N)ccc12. The normalized spacial score (nSPS) is 11.5. The van der Waals surface area contributed by atoms with Crippen molar-refractivity contribution in [1.82, 2.24) is 0 Å².